The smallest absolute Gasteiger partial charge is 0.253 e. The van der Waals surface area contributed by atoms with Crippen LogP contribution in [0.3, 0.4) is 0 Å². The lowest BCUT2D eigenvalue weighted by Crippen LogP contribution is -2.45. The van der Waals surface area contributed by atoms with Crippen molar-refractivity contribution in [3.05, 3.63) is 59.1 Å². The summed E-state index contributed by atoms with van der Waals surface area (Å²) in [5.41, 5.74) is 1.00. The van der Waals surface area contributed by atoms with Crippen molar-refractivity contribution in [2.45, 2.75) is 51.1 Å². The average molecular weight is 478 g/mol. The summed E-state index contributed by atoms with van der Waals surface area (Å²) < 4.78 is 26.0. The molecule has 2 N–H and O–H groups in total. The minimum Gasteiger partial charge on any atom is -0.349 e. The van der Waals surface area contributed by atoms with Gasteiger partial charge in [-0.2, -0.15) is 0 Å². The Morgan fingerprint density at radius 2 is 1.66 bits per heavy atom. The molecule has 1 fully saturated rings. The highest BCUT2D eigenvalue weighted by molar-refractivity contribution is 7.92. The van der Waals surface area contributed by atoms with Crippen molar-refractivity contribution in [2.75, 3.05) is 15.9 Å². The van der Waals surface area contributed by atoms with Crippen molar-refractivity contribution in [3.63, 3.8) is 0 Å². The number of para-hydroxylation sites is 1. The summed E-state index contributed by atoms with van der Waals surface area (Å²) in [6, 6.07) is 12.0. The minimum absolute atomic E-state index is 0.129. The van der Waals surface area contributed by atoms with Crippen LogP contribution < -0.4 is 14.9 Å². The molecule has 1 atom stereocenters. The third kappa shape index (κ3) is 6.01. The lowest BCUT2D eigenvalue weighted by atomic mass is 9.95. The molecule has 172 valence electrons. The van der Waals surface area contributed by atoms with Crippen molar-refractivity contribution < 1.29 is 18.0 Å². The summed E-state index contributed by atoms with van der Waals surface area (Å²) >= 11 is 5.91. The van der Waals surface area contributed by atoms with E-state index in [9.17, 15) is 18.0 Å². The summed E-state index contributed by atoms with van der Waals surface area (Å²) in [5, 5.41) is 6.23. The van der Waals surface area contributed by atoms with E-state index in [1.54, 1.807) is 48.5 Å². The van der Waals surface area contributed by atoms with Gasteiger partial charge in [0.25, 0.3) is 5.91 Å². The Morgan fingerprint density at radius 3 is 2.28 bits per heavy atom. The van der Waals surface area contributed by atoms with Gasteiger partial charge in [0.15, 0.2) is 0 Å². The first-order valence-corrected chi connectivity index (χ1v) is 12.8. The molecular weight excluding hydrogens is 450 g/mol. The molecular formula is C23H28ClN3O4S. The molecule has 0 spiro atoms. The molecule has 3 rings (SSSR count). The molecule has 1 saturated carbocycles. The number of carbonyl (C=O) groups excluding carboxylic acids is 2. The molecule has 1 aliphatic carbocycles. The van der Waals surface area contributed by atoms with Crippen LogP contribution in [0, 0.1) is 0 Å². The topological polar surface area (TPSA) is 95.6 Å². The number of rotatable bonds is 7. The van der Waals surface area contributed by atoms with Gasteiger partial charge in [-0.3, -0.25) is 13.9 Å². The Morgan fingerprint density at radius 1 is 1.03 bits per heavy atom. The monoisotopic (exact) mass is 477 g/mol. The average Bonchev–Trinajstić information content (AvgIpc) is 2.75. The number of carbonyl (C=O) groups is 2. The second-order valence-corrected chi connectivity index (χ2v) is 10.4. The summed E-state index contributed by atoms with van der Waals surface area (Å²) in [4.78, 5) is 25.9. The van der Waals surface area contributed by atoms with Gasteiger partial charge in [0, 0.05) is 11.1 Å². The summed E-state index contributed by atoms with van der Waals surface area (Å²) in [6.07, 6.45) is 6.29. The Bertz CT molecular complexity index is 1070. The van der Waals surface area contributed by atoms with Gasteiger partial charge in [0.05, 0.1) is 23.2 Å². The van der Waals surface area contributed by atoms with E-state index in [0.717, 1.165) is 36.2 Å². The largest absolute Gasteiger partial charge is 0.349 e. The van der Waals surface area contributed by atoms with Crippen molar-refractivity contribution in [1.29, 1.82) is 0 Å². The Balaban J connectivity index is 1.79. The number of nitrogens with zero attached hydrogens (tertiary/aromatic N) is 1. The van der Waals surface area contributed by atoms with E-state index in [4.69, 9.17) is 11.6 Å². The Labute approximate surface area is 194 Å². The standard InChI is InChI=1S/C23H28ClN3O4S/c1-16(27(32(2,30)31)19-14-12-17(24)13-15-19)22(28)26-21-11-7-6-10-20(21)23(29)25-18-8-4-3-5-9-18/h6-7,10-16,18H,3-5,8-9H2,1-2H3,(H,25,29)(H,26,28)/t16-/m1/s1. The van der Waals surface area contributed by atoms with Crippen molar-refractivity contribution in [3.8, 4) is 0 Å². The molecule has 9 heteroatoms. The fourth-order valence-electron chi connectivity index (χ4n) is 3.93. The van der Waals surface area contributed by atoms with Gasteiger partial charge in [-0.05, 0) is 56.2 Å². The fraction of sp³-hybridized carbons (Fsp3) is 0.391. The van der Waals surface area contributed by atoms with Crippen LogP contribution in [0.5, 0.6) is 0 Å². The number of halogens is 1. The molecule has 0 unspecified atom stereocenters. The van der Waals surface area contributed by atoms with Crippen LogP contribution in [0.1, 0.15) is 49.4 Å². The van der Waals surface area contributed by atoms with E-state index >= 15 is 0 Å². The maximum Gasteiger partial charge on any atom is 0.253 e. The molecule has 0 aromatic heterocycles. The van der Waals surface area contributed by atoms with Crippen LogP contribution in [0.25, 0.3) is 0 Å². The van der Waals surface area contributed by atoms with Crippen LogP contribution in [0.15, 0.2) is 48.5 Å². The molecule has 0 radical (unpaired) electrons. The van der Waals surface area contributed by atoms with Gasteiger partial charge in [-0.15, -0.1) is 0 Å². The van der Waals surface area contributed by atoms with E-state index in [1.807, 2.05) is 0 Å². The maximum absolute atomic E-state index is 13.0. The molecule has 2 aromatic carbocycles. The zero-order valence-corrected chi connectivity index (χ0v) is 19.7. The number of sulfonamides is 1. The SMILES string of the molecule is C[C@H](C(=O)Nc1ccccc1C(=O)NC1CCCCC1)N(c1ccc(Cl)cc1)S(C)(=O)=O. The first kappa shape index (κ1) is 24.1. The summed E-state index contributed by atoms with van der Waals surface area (Å²) in [6.45, 7) is 1.50. The predicted molar refractivity (Wildman–Crippen MR) is 128 cm³/mol. The highest BCUT2D eigenvalue weighted by Crippen LogP contribution is 2.25. The minimum atomic E-state index is -3.76. The first-order chi connectivity index (χ1) is 15.2. The number of nitrogens with one attached hydrogen (secondary N) is 2. The third-order valence-corrected chi connectivity index (χ3v) is 7.03. The van der Waals surface area contributed by atoms with Crippen LogP contribution in [0.4, 0.5) is 11.4 Å². The summed E-state index contributed by atoms with van der Waals surface area (Å²) in [7, 11) is -3.76. The number of hydrogen-bond donors (Lipinski definition) is 2. The Hall–Kier alpha value is -2.58. The molecule has 0 bridgehead atoms. The third-order valence-electron chi connectivity index (χ3n) is 5.54. The van der Waals surface area contributed by atoms with Gasteiger partial charge >= 0.3 is 0 Å². The predicted octanol–water partition coefficient (Wildman–Crippen LogP) is 4.20. The van der Waals surface area contributed by atoms with Crippen LogP contribution in [-0.4, -0.2) is 38.6 Å². The van der Waals surface area contributed by atoms with Crippen LogP contribution in [-0.2, 0) is 14.8 Å². The van der Waals surface area contributed by atoms with E-state index < -0.39 is 22.0 Å². The normalized spacial score (nSPS) is 15.6. The zero-order valence-electron chi connectivity index (χ0n) is 18.2. The Kier molecular flexibility index (Phi) is 7.79. The number of benzene rings is 2. The fourth-order valence-corrected chi connectivity index (χ4v) is 5.23. The van der Waals surface area contributed by atoms with Crippen molar-refractivity contribution in [1.82, 2.24) is 5.32 Å². The van der Waals surface area contributed by atoms with Gasteiger partial charge in [-0.1, -0.05) is 43.0 Å². The van der Waals surface area contributed by atoms with Gasteiger partial charge in [0.1, 0.15) is 6.04 Å². The quantitative estimate of drug-likeness (QED) is 0.624. The second kappa shape index (κ2) is 10.4. The van der Waals surface area contributed by atoms with E-state index in [2.05, 4.69) is 10.6 Å². The molecule has 7 nitrogen and oxygen atoms in total. The summed E-state index contributed by atoms with van der Waals surface area (Å²) in [5.74, 6) is -0.804. The molecule has 1 aliphatic rings. The second-order valence-electron chi connectivity index (χ2n) is 8.05. The van der Waals surface area contributed by atoms with Gasteiger partial charge in [0.2, 0.25) is 15.9 Å². The van der Waals surface area contributed by atoms with E-state index in [-0.39, 0.29) is 11.9 Å². The molecule has 32 heavy (non-hydrogen) atoms. The molecule has 0 heterocycles. The first-order valence-electron chi connectivity index (χ1n) is 10.6. The number of hydrogen-bond acceptors (Lipinski definition) is 4. The van der Waals surface area contributed by atoms with Crippen LogP contribution in [0.2, 0.25) is 5.02 Å². The van der Waals surface area contributed by atoms with Crippen LogP contribution >= 0.6 is 11.6 Å². The zero-order chi connectivity index (χ0) is 23.3. The molecule has 0 aliphatic heterocycles. The number of anilines is 2. The van der Waals surface area contributed by atoms with Gasteiger partial charge < -0.3 is 10.6 Å². The molecule has 2 aromatic rings. The maximum atomic E-state index is 13.0. The van der Waals surface area contributed by atoms with E-state index in [1.165, 1.54) is 13.3 Å². The van der Waals surface area contributed by atoms with E-state index in [0.29, 0.717) is 22.0 Å². The van der Waals surface area contributed by atoms with Crippen molar-refractivity contribution >= 4 is 44.8 Å². The van der Waals surface area contributed by atoms with Gasteiger partial charge in [-0.25, -0.2) is 8.42 Å². The number of amides is 2. The highest BCUT2D eigenvalue weighted by atomic mass is 35.5. The lowest BCUT2D eigenvalue weighted by molar-refractivity contribution is -0.116. The molecule has 0 saturated heterocycles. The highest BCUT2D eigenvalue weighted by Gasteiger charge is 2.30. The lowest BCUT2D eigenvalue weighted by Gasteiger charge is -2.28. The molecule has 2 amide bonds. The van der Waals surface area contributed by atoms with Crippen molar-refractivity contribution in [2.24, 2.45) is 0 Å².